The van der Waals surface area contributed by atoms with E-state index in [9.17, 15) is 4.79 Å². The first-order chi connectivity index (χ1) is 14.0. The van der Waals surface area contributed by atoms with Gasteiger partial charge in [-0.1, -0.05) is 48.0 Å². The molecule has 6 heteroatoms. The number of rotatable bonds is 7. The number of benzene rings is 2. The van der Waals surface area contributed by atoms with Crippen molar-refractivity contribution in [1.29, 1.82) is 0 Å². The van der Waals surface area contributed by atoms with Gasteiger partial charge in [-0.15, -0.1) is 0 Å². The number of carbonyl (C=O) groups excluding carboxylic acids is 1. The summed E-state index contributed by atoms with van der Waals surface area (Å²) in [5.41, 5.74) is 3.44. The van der Waals surface area contributed by atoms with E-state index in [4.69, 9.17) is 16.6 Å². The largest absolute Gasteiger partial charge is 0.357 e. The van der Waals surface area contributed by atoms with E-state index < -0.39 is 0 Å². The lowest BCUT2D eigenvalue weighted by atomic mass is 10.1. The highest BCUT2D eigenvalue weighted by Crippen LogP contribution is 2.16. The lowest BCUT2D eigenvalue weighted by Gasteiger charge is -2.22. The van der Waals surface area contributed by atoms with Gasteiger partial charge in [0.25, 0.3) is 0 Å². The summed E-state index contributed by atoms with van der Waals surface area (Å²) < 4.78 is 0. The Labute approximate surface area is 178 Å². The molecule has 0 bridgehead atoms. The van der Waals surface area contributed by atoms with Gasteiger partial charge in [-0.05, 0) is 42.2 Å². The van der Waals surface area contributed by atoms with Crippen LogP contribution >= 0.6 is 11.6 Å². The Morgan fingerprint density at radius 3 is 2.66 bits per heavy atom. The number of nitrogens with one attached hydrogen (secondary N) is 1. The number of guanidine groups is 1. The number of hydrogen-bond donors (Lipinski definition) is 1. The molecule has 0 aliphatic carbocycles. The molecule has 154 valence electrons. The molecule has 1 heterocycles. The fourth-order valence-corrected chi connectivity index (χ4v) is 3.75. The Morgan fingerprint density at radius 1 is 1.17 bits per heavy atom. The number of likely N-dealkylation sites (tertiary alicyclic amines) is 1. The minimum atomic E-state index is 0.255. The summed E-state index contributed by atoms with van der Waals surface area (Å²) in [5, 5.41) is 4.10. The monoisotopic (exact) mass is 412 g/mol. The van der Waals surface area contributed by atoms with Crippen LogP contribution in [-0.2, 0) is 24.4 Å². The predicted molar refractivity (Wildman–Crippen MR) is 119 cm³/mol. The molecule has 1 saturated heterocycles. The molecule has 5 nitrogen and oxygen atoms in total. The van der Waals surface area contributed by atoms with E-state index in [2.05, 4.69) is 41.4 Å². The highest BCUT2D eigenvalue weighted by molar-refractivity contribution is 6.30. The fraction of sp³-hybridized carbons (Fsp3) is 0.391. The Kier molecular flexibility index (Phi) is 7.53. The van der Waals surface area contributed by atoms with Crippen LogP contribution in [0.4, 0.5) is 0 Å². The van der Waals surface area contributed by atoms with Crippen molar-refractivity contribution in [3.05, 3.63) is 70.2 Å². The van der Waals surface area contributed by atoms with Gasteiger partial charge in [0.2, 0.25) is 5.91 Å². The quantitative estimate of drug-likeness (QED) is 0.551. The summed E-state index contributed by atoms with van der Waals surface area (Å²) in [6, 6.07) is 16.2. The van der Waals surface area contributed by atoms with Crippen molar-refractivity contribution in [3.8, 4) is 0 Å². The van der Waals surface area contributed by atoms with Crippen molar-refractivity contribution in [1.82, 2.24) is 15.1 Å². The maximum absolute atomic E-state index is 11.9. The van der Waals surface area contributed by atoms with Crippen molar-refractivity contribution in [3.63, 3.8) is 0 Å². The molecule has 0 unspecified atom stereocenters. The molecule has 1 N–H and O–H groups in total. The Hall–Kier alpha value is -2.53. The van der Waals surface area contributed by atoms with Crippen molar-refractivity contribution >= 4 is 23.5 Å². The van der Waals surface area contributed by atoms with Gasteiger partial charge < -0.3 is 15.1 Å². The SMILES string of the molecule is CCNC(=NCc1cccc(CN2CCCC2=O)c1)N(C)Cc1cccc(Cl)c1. The van der Waals surface area contributed by atoms with Crippen LogP contribution in [0, 0.1) is 0 Å². The molecule has 2 aromatic rings. The molecule has 0 atom stereocenters. The second-order valence-electron chi connectivity index (χ2n) is 7.39. The predicted octanol–water partition coefficient (Wildman–Crippen LogP) is 4.06. The zero-order valence-electron chi connectivity index (χ0n) is 17.2. The van der Waals surface area contributed by atoms with E-state index in [1.54, 1.807) is 0 Å². The van der Waals surface area contributed by atoms with Crippen LogP contribution in [-0.4, -0.2) is 41.8 Å². The van der Waals surface area contributed by atoms with Gasteiger partial charge >= 0.3 is 0 Å². The highest BCUT2D eigenvalue weighted by Gasteiger charge is 2.19. The van der Waals surface area contributed by atoms with Gasteiger partial charge in [-0.3, -0.25) is 4.79 Å². The summed E-state index contributed by atoms with van der Waals surface area (Å²) in [7, 11) is 2.03. The van der Waals surface area contributed by atoms with E-state index >= 15 is 0 Å². The van der Waals surface area contributed by atoms with Gasteiger partial charge in [-0.25, -0.2) is 4.99 Å². The minimum absolute atomic E-state index is 0.255. The van der Waals surface area contributed by atoms with Gasteiger partial charge in [0.1, 0.15) is 0 Å². The Morgan fingerprint density at radius 2 is 1.93 bits per heavy atom. The number of amides is 1. The molecular weight excluding hydrogens is 384 g/mol. The summed E-state index contributed by atoms with van der Waals surface area (Å²) in [4.78, 5) is 20.7. The van der Waals surface area contributed by atoms with Crippen molar-refractivity contribution < 1.29 is 4.79 Å². The van der Waals surface area contributed by atoms with Crippen molar-refractivity contribution in [2.75, 3.05) is 20.1 Å². The van der Waals surface area contributed by atoms with E-state index in [1.807, 2.05) is 36.2 Å². The van der Waals surface area contributed by atoms with E-state index in [-0.39, 0.29) is 5.91 Å². The zero-order valence-corrected chi connectivity index (χ0v) is 18.0. The van der Waals surface area contributed by atoms with Crippen molar-refractivity contribution in [2.24, 2.45) is 4.99 Å². The molecule has 1 aliphatic heterocycles. The second kappa shape index (κ2) is 10.3. The summed E-state index contributed by atoms with van der Waals surface area (Å²) >= 11 is 6.11. The normalized spacial score (nSPS) is 14.4. The molecular formula is C23H29ClN4O. The molecule has 29 heavy (non-hydrogen) atoms. The first-order valence-corrected chi connectivity index (χ1v) is 10.5. The third-order valence-corrected chi connectivity index (χ3v) is 5.19. The van der Waals surface area contributed by atoms with Gasteiger partial charge in [0.15, 0.2) is 5.96 Å². The van der Waals surface area contributed by atoms with E-state index in [0.717, 1.165) is 53.7 Å². The molecule has 1 fully saturated rings. The number of carbonyl (C=O) groups is 1. The first kappa shape index (κ1) is 21.2. The Bertz CT molecular complexity index is 867. The first-order valence-electron chi connectivity index (χ1n) is 10.1. The fourth-order valence-electron chi connectivity index (χ4n) is 3.54. The van der Waals surface area contributed by atoms with Crippen molar-refractivity contribution in [2.45, 2.75) is 39.4 Å². The lowest BCUT2D eigenvalue weighted by molar-refractivity contribution is -0.128. The highest BCUT2D eigenvalue weighted by atomic mass is 35.5. The van der Waals surface area contributed by atoms with Crippen LogP contribution < -0.4 is 5.32 Å². The molecule has 1 aliphatic rings. The summed E-state index contributed by atoms with van der Waals surface area (Å²) in [6.07, 6.45) is 1.64. The molecule has 3 rings (SSSR count). The molecule has 1 amide bonds. The maximum Gasteiger partial charge on any atom is 0.222 e. The van der Waals surface area contributed by atoms with Crippen LogP contribution in [0.15, 0.2) is 53.5 Å². The molecule has 0 saturated carbocycles. The van der Waals surface area contributed by atoms with Gasteiger partial charge in [0, 0.05) is 44.7 Å². The average Bonchev–Trinajstić information content (AvgIpc) is 3.10. The average molecular weight is 413 g/mol. The van der Waals surface area contributed by atoms with Crippen LogP contribution in [0.2, 0.25) is 5.02 Å². The van der Waals surface area contributed by atoms with E-state index in [1.165, 1.54) is 0 Å². The number of halogens is 1. The Balaban J connectivity index is 1.66. The zero-order chi connectivity index (χ0) is 20.6. The molecule has 2 aromatic carbocycles. The second-order valence-corrected chi connectivity index (χ2v) is 7.83. The lowest BCUT2D eigenvalue weighted by Crippen LogP contribution is -2.38. The van der Waals surface area contributed by atoms with E-state index in [0.29, 0.717) is 19.5 Å². The summed E-state index contributed by atoms with van der Waals surface area (Å²) in [6.45, 7) is 5.73. The van der Waals surface area contributed by atoms with Crippen LogP contribution in [0.25, 0.3) is 0 Å². The van der Waals surface area contributed by atoms with Gasteiger partial charge in [-0.2, -0.15) is 0 Å². The number of aliphatic imine (C=N–C) groups is 1. The number of nitrogens with zero attached hydrogens (tertiary/aromatic N) is 3. The van der Waals surface area contributed by atoms with Crippen LogP contribution in [0.3, 0.4) is 0 Å². The smallest absolute Gasteiger partial charge is 0.222 e. The molecule has 0 radical (unpaired) electrons. The topological polar surface area (TPSA) is 47.9 Å². The number of hydrogen-bond acceptors (Lipinski definition) is 2. The third kappa shape index (κ3) is 6.23. The van der Waals surface area contributed by atoms with Crippen LogP contribution in [0.5, 0.6) is 0 Å². The molecule has 0 spiro atoms. The maximum atomic E-state index is 11.9. The third-order valence-electron chi connectivity index (χ3n) is 4.95. The standard InChI is InChI=1S/C23H29ClN4O/c1-3-25-23(27(2)16-20-9-5-10-21(24)14-20)26-15-18-7-4-8-19(13-18)17-28-12-6-11-22(28)29/h4-5,7-10,13-14H,3,6,11-12,15-17H2,1-2H3,(H,25,26). The summed E-state index contributed by atoms with van der Waals surface area (Å²) in [5.74, 6) is 1.11. The molecule has 0 aromatic heterocycles. The van der Waals surface area contributed by atoms with Gasteiger partial charge in [0.05, 0.1) is 6.54 Å². The van der Waals surface area contributed by atoms with Crippen LogP contribution in [0.1, 0.15) is 36.5 Å². The minimum Gasteiger partial charge on any atom is -0.357 e.